The molecule has 0 aromatic heterocycles. The van der Waals surface area contributed by atoms with Gasteiger partial charge in [-0.15, -0.1) is 0 Å². The fraction of sp³-hybridized carbons (Fsp3) is 0.588. The summed E-state index contributed by atoms with van der Waals surface area (Å²) in [4.78, 5) is 13.6. The molecule has 0 N–H and O–H groups in total. The highest BCUT2D eigenvalue weighted by molar-refractivity contribution is 5.70. The molecule has 1 heterocycles. The number of amides is 1. The van der Waals surface area contributed by atoms with Gasteiger partial charge in [-0.25, -0.2) is 13.6 Å². The van der Waals surface area contributed by atoms with Crippen molar-refractivity contribution in [1.82, 2.24) is 4.90 Å². The molecule has 1 aromatic carbocycles. The second-order valence-electron chi connectivity index (χ2n) is 7.24. The van der Waals surface area contributed by atoms with Gasteiger partial charge in [0.15, 0.2) is 0 Å². The first-order chi connectivity index (χ1) is 10.6. The maximum atomic E-state index is 14.4. The summed E-state index contributed by atoms with van der Waals surface area (Å²) in [5.74, 6) is -3.14. The second kappa shape index (κ2) is 4.82. The molecule has 0 spiro atoms. The molecule has 1 saturated heterocycles. The number of carbonyl (C=O) groups is 1. The maximum Gasteiger partial charge on any atom is 0.410 e. The predicted molar refractivity (Wildman–Crippen MR) is 80.9 cm³/mol. The maximum absolute atomic E-state index is 14.4. The lowest BCUT2D eigenvalue weighted by atomic mass is 9.94. The molecule has 4 nitrogen and oxygen atoms in total. The van der Waals surface area contributed by atoms with Crippen LogP contribution in [0.3, 0.4) is 0 Å². The van der Waals surface area contributed by atoms with Crippen molar-refractivity contribution in [2.45, 2.75) is 37.7 Å². The Morgan fingerprint density at radius 3 is 2.65 bits per heavy atom. The Bertz CT molecular complexity index is 641. The van der Waals surface area contributed by atoms with E-state index in [4.69, 9.17) is 9.47 Å². The van der Waals surface area contributed by atoms with Crippen LogP contribution in [0.5, 0.6) is 5.75 Å². The molecular weight excluding hydrogens is 304 g/mol. The van der Waals surface area contributed by atoms with Crippen LogP contribution in [0.2, 0.25) is 0 Å². The van der Waals surface area contributed by atoms with Gasteiger partial charge in [-0.1, -0.05) is 12.1 Å². The molecule has 3 rings (SSSR count). The van der Waals surface area contributed by atoms with E-state index in [1.165, 1.54) is 12.0 Å². The Kier molecular flexibility index (Phi) is 3.36. The van der Waals surface area contributed by atoms with Crippen LogP contribution in [0, 0.1) is 5.92 Å². The van der Waals surface area contributed by atoms with E-state index in [1.807, 2.05) is 0 Å². The lowest BCUT2D eigenvalue weighted by Gasteiger charge is -2.27. The summed E-state index contributed by atoms with van der Waals surface area (Å²) in [5, 5.41) is 0. The number of fused-ring (bicyclic) bond motifs is 1. The van der Waals surface area contributed by atoms with Gasteiger partial charge in [0, 0.05) is 13.1 Å². The minimum absolute atomic E-state index is 0.0130. The van der Waals surface area contributed by atoms with Gasteiger partial charge in [0.05, 0.1) is 18.4 Å². The summed E-state index contributed by atoms with van der Waals surface area (Å²) < 4.78 is 39.2. The quantitative estimate of drug-likeness (QED) is 0.836. The Labute approximate surface area is 134 Å². The van der Waals surface area contributed by atoms with Crippen molar-refractivity contribution in [2.24, 2.45) is 5.92 Å². The first-order valence-electron chi connectivity index (χ1n) is 7.62. The molecule has 23 heavy (non-hydrogen) atoms. The molecule has 6 heteroatoms. The zero-order chi connectivity index (χ0) is 17.0. The Morgan fingerprint density at radius 1 is 1.35 bits per heavy atom. The van der Waals surface area contributed by atoms with Crippen molar-refractivity contribution < 1.29 is 23.0 Å². The number of hydrogen-bond donors (Lipinski definition) is 0. The lowest BCUT2D eigenvalue weighted by Crippen LogP contribution is -2.40. The van der Waals surface area contributed by atoms with Crippen molar-refractivity contribution in [3.8, 4) is 5.75 Å². The van der Waals surface area contributed by atoms with Crippen LogP contribution in [-0.4, -0.2) is 42.7 Å². The highest BCUT2D eigenvalue weighted by atomic mass is 19.3. The molecule has 1 aromatic rings. The second-order valence-corrected chi connectivity index (χ2v) is 7.24. The van der Waals surface area contributed by atoms with Crippen molar-refractivity contribution >= 4 is 6.09 Å². The monoisotopic (exact) mass is 325 g/mol. The number of alkyl halides is 2. The van der Waals surface area contributed by atoms with E-state index in [2.05, 4.69) is 0 Å². The van der Waals surface area contributed by atoms with E-state index < -0.39 is 28.9 Å². The van der Waals surface area contributed by atoms with Gasteiger partial charge in [-0.3, -0.25) is 0 Å². The van der Waals surface area contributed by atoms with Gasteiger partial charge in [0.25, 0.3) is 5.92 Å². The molecule has 2 unspecified atom stereocenters. The lowest BCUT2D eigenvalue weighted by molar-refractivity contribution is 0.00875. The van der Waals surface area contributed by atoms with Crippen LogP contribution < -0.4 is 4.74 Å². The molecule has 2 fully saturated rings. The summed E-state index contributed by atoms with van der Waals surface area (Å²) in [6.45, 7) is 5.25. The van der Waals surface area contributed by atoms with E-state index in [0.717, 1.165) is 0 Å². The molecular formula is C17H21F2NO3. The summed E-state index contributed by atoms with van der Waals surface area (Å²) in [7, 11) is 1.50. The molecule has 126 valence electrons. The number of hydrogen-bond acceptors (Lipinski definition) is 3. The summed E-state index contributed by atoms with van der Waals surface area (Å²) >= 11 is 0. The van der Waals surface area contributed by atoms with Crippen molar-refractivity contribution in [3.63, 3.8) is 0 Å². The number of methoxy groups -OCH3 is 1. The summed E-state index contributed by atoms with van der Waals surface area (Å²) in [6, 6.07) is 6.72. The van der Waals surface area contributed by atoms with Gasteiger partial charge in [-0.2, -0.15) is 0 Å². The first kappa shape index (κ1) is 16.0. The molecule has 0 bridgehead atoms. The molecule has 1 aliphatic carbocycles. The SMILES string of the molecule is COc1cccc(C23CN(C(=O)OC(C)(C)C)CC2C3(F)F)c1. The van der Waals surface area contributed by atoms with E-state index in [-0.39, 0.29) is 13.1 Å². The average molecular weight is 325 g/mol. The van der Waals surface area contributed by atoms with Crippen LogP contribution >= 0.6 is 0 Å². The van der Waals surface area contributed by atoms with E-state index >= 15 is 0 Å². The molecule has 0 radical (unpaired) electrons. The Hall–Kier alpha value is -1.85. The van der Waals surface area contributed by atoms with Gasteiger partial charge in [-0.05, 0) is 38.5 Å². The van der Waals surface area contributed by atoms with E-state index in [1.54, 1.807) is 45.0 Å². The highest BCUT2D eigenvalue weighted by Gasteiger charge is 2.84. The standard InChI is InChI=1S/C17H21F2NO3/c1-15(2,3)23-14(21)20-9-13-16(10-20,17(13,18)19)11-6-5-7-12(8-11)22-4/h5-8,13H,9-10H2,1-4H3. The fourth-order valence-electron chi connectivity index (χ4n) is 3.46. The van der Waals surface area contributed by atoms with Crippen molar-refractivity contribution in [2.75, 3.05) is 20.2 Å². The van der Waals surface area contributed by atoms with Crippen LogP contribution in [-0.2, 0) is 10.2 Å². The van der Waals surface area contributed by atoms with Crippen molar-refractivity contribution in [3.05, 3.63) is 29.8 Å². The summed E-state index contributed by atoms with van der Waals surface area (Å²) in [5.41, 5.74) is -1.45. The van der Waals surface area contributed by atoms with E-state index in [0.29, 0.717) is 11.3 Å². The average Bonchev–Trinajstić information content (AvgIpc) is 2.80. The number of piperidine rings is 1. The molecule has 2 aliphatic rings. The zero-order valence-corrected chi connectivity index (χ0v) is 13.7. The van der Waals surface area contributed by atoms with Gasteiger partial charge < -0.3 is 14.4 Å². The molecule has 2 atom stereocenters. The number of nitrogens with zero attached hydrogens (tertiary/aromatic N) is 1. The fourth-order valence-corrected chi connectivity index (χ4v) is 3.46. The molecule has 1 saturated carbocycles. The van der Waals surface area contributed by atoms with E-state index in [9.17, 15) is 13.6 Å². The summed E-state index contributed by atoms with van der Waals surface area (Å²) in [6.07, 6.45) is -0.539. The smallest absolute Gasteiger partial charge is 0.410 e. The minimum Gasteiger partial charge on any atom is -0.497 e. The van der Waals surface area contributed by atoms with Gasteiger partial charge >= 0.3 is 6.09 Å². The largest absolute Gasteiger partial charge is 0.497 e. The zero-order valence-electron chi connectivity index (χ0n) is 13.7. The number of ether oxygens (including phenoxy) is 2. The first-order valence-corrected chi connectivity index (χ1v) is 7.62. The van der Waals surface area contributed by atoms with Crippen LogP contribution in [0.15, 0.2) is 24.3 Å². The highest BCUT2D eigenvalue weighted by Crippen LogP contribution is 2.70. The number of rotatable bonds is 2. The topological polar surface area (TPSA) is 38.8 Å². The molecule has 1 aliphatic heterocycles. The third-order valence-electron chi connectivity index (χ3n) is 4.62. The van der Waals surface area contributed by atoms with Crippen molar-refractivity contribution in [1.29, 1.82) is 0 Å². The Morgan fingerprint density at radius 2 is 2.04 bits per heavy atom. The predicted octanol–water partition coefficient (Wildman–Crippen LogP) is 3.45. The van der Waals surface area contributed by atoms with Gasteiger partial charge in [0.2, 0.25) is 0 Å². The molecule has 1 amide bonds. The van der Waals surface area contributed by atoms with Crippen LogP contribution in [0.4, 0.5) is 13.6 Å². The number of likely N-dealkylation sites (tertiary alicyclic amines) is 1. The minimum atomic E-state index is -2.81. The number of benzene rings is 1. The van der Waals surface area contributed by atoms with Crippen LogP contribution in [0.25, 0.3) is 0 Å². The third kappa shape index (κ3) is 2.35. The Balaban J connectivity index is 1.85. The normalized spacial score (nSPS) is 28.3. The van der Waals surface area contributed by atoms with Gasteiger partial charge in [0.1, 0.15) is 11.4 Å². The van der Waals surface area contributed by atoms with Crippen LogP contribution in [0.1, 0.15) is 26.3 Å². The third-order valence-corrected chi connectivity index (χ3v) is 4.62. The number of halogens is 2. The number of carbonyl (C=O) groups excluding carboxylic acids is 1.